The number of aliphatic carboxylic acids is 1. The van der Waals surface area contributed by atoms with Crippen LogP contribution in [0.5, 0.6) is 5.88 Å². The summed E-state index contributed by atoms with van der Waals surface area (Å²) in [5.74, 6) is -4.88. The second-order valence-electron chi connectivity index (χ2n) is 11.1. The van der Waals surface area contributed by atoms with Crippen LogP contribution in [0.15, 0.2) is 66.7 Å². The number of hydrogen-bond donors (Lipinski definition) is 3. The maximum Gasteiger partial charge on any atom is 0.435 e. The molecule has 0 radical (unpaired) electrons. The van der Waals surface area contributed by atoms with Crippen LogP contribution in [0.4, 0.5) is 18.0 Å². The molecule has 3 aromatic rings. The largest absolute Gasteiger partial charge is 0.481 e. The first-order valence-electron chi connectivity index (χ1n) is 14.7. The van der Waals surface area contributed by atoms with E-state index in [0.717, 1.165) is 15.1 Å². The first kappa shape index (κ1) is 37.1. The standard InChI is InChI=1S/C32H36F3N5O8/c1-19(2)28(37-31(46)48-17-21-11-7-5-8-12-21)30(45)39(4)20(3)29(44)36-23(15-27(42)43)24(41)18-47-26-16-25(32(33,34)35)38-40(26)22-13-9-6-10-14-22/h5-14,16,19-20,23,28H,15,17-18H2,1-4H3,(H,36,44)(H,37,46)(H,42,43)/t20-,23-,28-/m0/s1. The number of carboxylic acid groups (broad SMARTS) is 1. The lowest BCUT2D eigenvalue weighted by Crippen LogP contribution is -2.57. The number of ether oxygens (including phenoxy) is 2. The van der Waals surface area contributed by atoms with Crippen LogP contribution in [0, 0.1) is 5.92 Å². The smallest absolute Gasteiger partial charge is 0.435 e. The fraction of sp³-hybridized carbons (Fsp3) is 0.375. The van der Waals surface area contributed by atoms with Crippen LogP contribution in [-0.4, -0.2) is 81.2 Å². The van der Waals surface area contributed by atoms with E-state index in [1.807, 2.05) is 0 Å². The van der Waals surface area contributed by atoms with Gasteiger partial charge in [0, 0.05) is 13.1 Å². The summed E-state index contributed by atoms with van der Waals surface area (Å²) in [6.45, 7) is 3.71. The van der Waals surface area contributed by atoms with Crippen molar-refractivity contribution in [2.45, 2.75) is 58.1 Å². The molecular weight excluding hydrogens is 639 g/mol. The van der Waals surface area contributed by atoms with Crippen molar-refractivity contribution >= 4 is 29.7 Å². The fourth-order valence-corrected chi connectivity index (χ4v) is 4.31. The van der Waals surface area contributed by atoms with E-state index in [1.165, 1.54) is 26.1 Å². The van der Waals surface area contributed by atoms with Crippen LogP contribution in [0.25, 0.3) is 5.69 Å². The van der Waals surface area contributed by atoms with Crippen LogP contribution < -0.4 is 15.4 Å². The number of halogens is 3. The van der Waals surface area contributed by atoms with Crippen molar-refractivity contribution in [1.29, 1.82) is 0 Å². The van der Waals surface area contributed by atoms with Gasteiger partial charge in [-0.15, -0.1) is 0 Å². The van der Waals surface area contributed by atoms with Gasteiger partial charge in [-0.05, 0) is 30.5 Å². The number of hydrogen-bond acceptors (Lipinski definition) is 8. The molecule has 1 heterocycles. The lowest BCUT2D eigenvalue weighted by Gasteiger charge is -2.31. The quantitative estimate of drug-likeness (QED) is 0.218. The molecule has 0 fully saturated rings. The molecule has 258 valence electrons. The minimum atomic E-state index is -4.83. The number of nitrogens with one attached hydrogen (secondary N) is 2. The van der Waals surface area contributed by atoms with Crippen molar-refractivity contribution in [2.24, 2.45) is 5.92 Å². The molecule has 0 aliphatic carbocycles. The lowest BCUT2D eigenvalue weighted by atomic mass is 10.0. The maximum atomic E-state index is 13.4. The number of carboxylic acids is 1. The minimum Gasteiger partial charge on any atom is -0.481 e. The molecule has 0 unspecified atom stereocenters. The second-order valence-corrected chi connectivity index (χ2v) is 11.1. The summed E-state index contributed by atoms with van der Waals surface area (Å²) in [5.41, 5.74) is -0.360. The van der Waals surface area contributed by atoms with Crippen molar-refractivity contribution < 1.29 is 51.7 Å². The molecule has 48 heavy (non-hydrogen) atoms. The van der Waals surface area contributed by atoms with Crippen molar-refractivity contribution in [2.75, 3.05) is 13.7 Å². The van der Waals surface area contributed by atoms with Crippen LogP contribution in [0.1, 0.15) is 38.4 Å². The van der Waals surface area contributed by atoms with E-state index in [-0.39, 0.29) is 12.3 Å². The maximum absolute atomic E-state index is 13.4. The van der Waals surface area contributed by atoms with E-state index in [0.29, 0.717) is 6.07 Å². The van der Waals surface area contributed by atoms with Crippen LogP contribution >= 0.6 is 0 Å². The highest BCUT2D eigenvalue weighted by atomic mass is 19.4. The normalized spacial score (nSPS) is 13.2. The van der Waals surface area contributed by atoms with Crippen molar-refractivity contribution in [1.82, 2.24) is 25.3 Å². The Morgan fingerprint density at radius 1 is 0.958 bits per heavy atom. The molecule has 1 aromatic heterocycles. The van der Waals surface area contributed by atoms with E-state index < -0.39 is 84.5 Å². The molecule has 0 saturated carbocycles. The molecule has 0 aliphatic rings. The molecule has 3 amide bonds. The van der Waals surface area contributed by atoms with E-state index in [2.05, 4.69) is 15.7 Å². The van der Waals surface area contributed by atoms with Gasteiger partial charge in [0.25, 0.3) is 0 Å². The number of likely N-dealkylation sites (N-methyl/N-ethyl adjacent to an activating group) is 1. The Morgan fingerprint density at radius 3 is 2.12 bits per heavy atom. The highest BCUT2D eigenvalue weighted by Crippen LogP contribution is 2.32. The number of aromatic nitrogens is 2. The van der Waals surface area contributed by atoms with Gasteiger partial charge in [-0.25, -0.2) is 9.48 Å². The summed E-state index contributed by atoms with van der Waals surface area (Å²) in [6, 6.07) is 13.1. The van der Waals surface area contributed by atoms with Crippen LogP contribution in [-0.2, 0) is 36.7 Å². The highest BCUT2D eigenvalue weighted by Gasteiger charge is 2.37. The van der Waals surface area contributed by atoms with Gasteiger partial charge in [-0.3, -0.25) is 19.2 Å². The summed E-state index contributed by atoms with van der Waals surface area (Å²) in [5, 5.41) is 17.7. The number of nitrogens with zero attached hydrogens (tertiary/aromatic N) is 3. The molecule has 0 aliphatic heterocycles. The van der Waals surface area contributed by atoms with Crippen molar-refractivity contribution in [3.63, 3.8) is 0 Å². The first-order chi connectivity index (χ1) is 22.6. The third kappa shape index (κ3) is 10.3. The fourth-order valence-electron chi connectivity index (χ4n) is 4.31. The Balaban J connectivity index is 1.67. The van der Waals surface area contributed by atoms with Gasteiger partial charge in [-0.2, -0.15) is 18.3 Å². The molecule has 13 nitrogen and oxygen atoms in total. The molecule has 3 rings (SSSR count). The number of Topliss-reactive ketones (excluding diaryl/α,β-unsaturated/α-hetero) is 1. The first-order valence-corrected chi connectivity index (χ1v) is 14.7. The van der Waals surface area contributed by atoms with Crippen molar-refractivity contribution in [3.05, 3.63) is 78.0 Å². The highest BCUT2D eigenvalue weighted by molar-refractivity contribution is 5.96. The zero-order valence-electron chi connectivity index (χ0n) is 26.6. The molecule has 0 saturated heterocycles. The number of alkyl carbamates (subject to hydrolysis) is 1. The van der Waals surface area contributed by atoms with Gasteiger partial charge in [0.15, 0.2) is 18.1 Å². The number of para-hydroxylation sites is 1. The number of alkyl halides is 3. The number of rotatable bonds is 15. The van der Waals surface area contributed by atoms with Gasteiger partial charge in [0.05, 0.1) is 12.1 Å². The Bertz CT molecular complexity index is 1580. The monoisotopic (exact) mass is 675 g/mol. The van der Waals surface area contributed by atoms with E-state index in [4.69, 9.17) is 9.47 Å². The molecule has 2 aromatic carbocycles. The summed E-state index contributed by atoms with van der Waals surface area (Å²) in [4.78, 5) is 64.5. The Labute approximate surface area is 274 Å². The predicted molar refractivity (Wildman–Crippen MR) is 164 cm³/mol. The zero-order chi connectivity index (χ0) is 35.6. The Morgan fingerprint density at radius 2 is 1.56 bits per heavy atom. The summed E-state index contributed by atoms with van der Waals surface area (Å²) in [6.07, 6.45) is -6.57. The topological polar surface area (TPSA) is 169 Å². The molecule has 0 bridgehead atoms. The Hall–Kier alpha value is -5.41. The zero-order valence-corrected chi connectivity index (χ0v) is 26.6. The average molecular weight is 676 g/mol. The third-order valence-corrected chi connectivity index (χ3v) is 7.14. The molecule has 16 heteroatoms. The number of ketones is 1. The van der Waals surface area contributed by atoms with E-state index in [1.54, 1.807) is 62.4 Å². The predicted octanol–water partition coefficient (Wildman–Crippen LogP) is 3.60. The summed E-state index contributed by atoms with van der Waals surface area (Å²) < 4.78 is 51.6. The number of amides is 3. The number of carbonyl (C=O) groups excluding carboxylic acids is 4. The average Bonchev–Trinajstić information content (AvgIpc) is 3.49. The molecule has 3 N–H and O–H groups in total. The minimum absolute atomic E-state index is 0.0406. The summed E-state index contributed by atoms with van der Waals surface area (Å²) in [7, 11) is 1.29. The van der Waals surface area contributed by atoms with Crippen molar-refractivity contribution in [3.8, 4) is 11.6 Å². The second kappa shape index (κ2) is 16.4. The van der Waals surface area contributed by atoms with Crippen LogP contribution in [0.2, 0.25) is 0 Å². The van der Waals surface area contributed by atoms with Gasteiger partial charge < -0.3 is 30.1 Å². The molecule has 3 atom stereocenters. The van der Waals surface area contributed by atoms with Gasteiger partial charge in [0.1, 0.15) is 24.7 Å². The molecule has 0 spiro atoms. The van der Waals surface area contributed by atoms with Gasteiger partial charge in [0.2, 0.25) is 17.7 Å². The SMILES string of the molecule is CC(C)[C@H](NC(=O)OCc1ccccc1)C(=O)N(C)[C@@H](C)C(=O)N[C@@H](CC(=O)O)C(=O)COc1cc(C(F)(F)F)nn1-c1ccccc1. The lowest BCUT2D eigenvalue weighted by molar-refractivity contribution is -0.143. The number of carbonyl (C=O) groups is 5. The van der Waals surface area contributed by atoms with Gasteiger partial charge >= 0.3 is 18.2 Å². The Kier molecular flexibility index (Phi) is 12.7. The third-order valence-electron chi connectivity index (χ3n) is 7.14. The van der Waals surface area contributed by atoms with E-state index >= 15 is 0 Å². The summed E-state index contributed by atoms with van der Waals surface area (Å²) >= 11 is 0. The molecular formula is C32H36F3N5O8. The van der Waals surface area contributed by atoms with Crippen LogP contribution in [0.3, 0.4) is 0 Å². The van der Waals surface area contributed by atoms with Gasteiger partial charge in [-0.1, -0.05) is 62.4 Å². The number of benzene rings is 2. The van der Waals surface area contributed by atoms with E-state index in [9.17, 15) is 42.3 Å².